The number of hydrogen-bond donors (Lipinski definition) is 2. The van der Waals surface area contributed by atoms with Crippen molar-refractivity contribution in [3.05, 3.63) is 76.1 Å². The van der Waals surface area contributed by atoms with Crippen molar-refractivity contribution in [2.24, 2.45) is 0 Å². The number of halogens is 2. The molecule has 0 aliphatic rings. The van der Waals surface area contributed by atoms with Gasteiger partial charge in [0.25, 0.3) is 5.91 Å². The molecule has 6 heteroatoms. The minimum absolute atomic E-state index is 0.123. The van der Waals surface area contributed by atoms with Gasteiger partial charge in [-0.2, -0.15) is 5.10 Å². The molecule has 0 aliphatic carbocycles. The molecule has 2 N–H and O–H groups in total. The molecular formula is C17H13BrFN3O. The number of aromatic amines is 1. The van der Waals surface area contributed by atoms with Crippen LogP contribution in [0.4, 0.5) is 4.39 Å². The maximum absolute atomic E-state index is 13.5. The third-order valence-corrected chi connectivity index (χ3v) is 3.89. The molecule has 0 radical (unpaired) electrons. The summed E-state index contributed by atoms with van der Waals surface area (Å²) in [4.78, 5) is 12.1. The first-order chi connectivity index (χ1) is 11.1. The van der Waals surface area contributed by atoms with Gasteiger partial charge in [-0.3, -0.25) is 9.89 Å². The van der Waals surface area contributed by atoms with Gasteiger partial charge in [0.1, 0.15) is 11.5 Å². The number of carbonyl (C=O) groups excluding carboxylic acids is 1. The maximum Gasteiger partial charge on any atom is 0.269 e. The number of benzene rings is 2. The van der Waals surface area contributed by atoms with E-state index in [9.17, 15) is 9.18 Å². The second kappa shape index (κ2) is 6.75. The summed E-state index contributed by atoms with van der Waals surface area (Å²) in [6.07, 6.45) is 0. The van der Waals surface area contributed by atoms with Crippen LogP contribution in [0.2, 0.25) is 0 Å². The first-order valence-electron chi connectivity index (χ1n) is 6.96. The fraction of sp³-hybridized carbons (Fsp3) is 0.0588. The lowest BCUT2D eigenvalue weighted by Crippen LogP contribution is -2.23. The van der Waals surface area contributed by atoms with Crippen LogP contribution in [0.1, 0.15) is 16.1 Å². The van der Waals surface area contributed by atoms with Gasteiger partial charge in [-0.25, -0.2) is 4.39 Å². The van der Waals surface area contributed by atoms with Gasteiger partial charge in [-0.1, -0.05) is 46.3 Å². The van der Waals surface area contributed by atoms with Crippen molar-refractivity contribution in [3.63, 3.8) is 0 Å². The van der Waals surface area contributed by atoms with Gasteiger partial charge < -0.3 is 5.32 Å². The maximum atomic E-state index is 13.5. The van der Waals surface area contributed by atoms with Gasteiger partial charge in [-0.15, -0.1) is 0 Å². The van der Waals surface area contributed by atoms with Crippen LogP contribution in [0.5, 0.6) is 0 Å². The summed E-state index contributed by atoms with van der Waals surface area (Å²) in [6, 6.07) is 15.6. The van der Waals surface area contributed by atoms with E-state index < -0.39 is 0 Å². The summed E-state index contributed by atoms with van der Waals surface area (Å²) >= 11 is 3.37. The van der Waals surface area contributed by atoms with E-state index in [4.69, 9.17) is 0 Å². The Labute approximate surface area is 140 Å². The van der Waals surface area contributed by atoms with Crippen molar-refractivity contribution >= 4 is 21.8 Å². The van der Waals surface area contributed by atoms with Crippen LogP contribution in [0.15, 0.2) is 59.1 Å². The zero-order valence-corrected chi connectivity index (χ0v) is 13.6. The zero-order valence-electron chi connectivity index (χ0n) is 12.0. The molecule has 1 heterocycles. The minimum Gasteiger partial charge on any atom is -0.347 e. The number of H-pyrrole nitrogens is 1. The Morgan fingerprint density at radius 1 is 1.17 bits per heavy atom. The fourth-order valence-electron chi connectivity index (χ4n) is 2.12. The smallest absolute Gasteiger partial charge is 0.269 e. The molecule has 0 atom stereocenters. The Morgan fingerprint density at radius 2 is 1.91 bits per heavy atom. The molecule has 23 heavy (non-hydrogen) atoms. The highest BCUT2D eigenvalue weighted by Crippen LogP contribution is 2.20. The third-order valence-electron chi connectivity index (χ3n) is 3.36. The third kappa shape index (κ3) is 3.65. The lowest BCUT2D eigenvalue weighted by molar-refractivity contribution is 0.0945. The summed E-state index contributed by atoms with van der Waals surface area (Å²) in [6.45, 7) is 0.123. The Morgan fingerprint density at radius 3 is 2.65 bits per heavy atom. The van der Waals surface area contributed by atoms with E-state index in [2.05, 4.69) is 31.4 Å². The van der Waals surface area contributed by atoms with Crippen molar-refractivity contribution < 1.29 is 9.18 Å². The van der Waals surface area contributed by atoms with Gasteiger partial charge in [0, 0.05) is 22.1 Å². The molecule has 2 aromatic carbocycles. The molecule has 0 unspecified atom stereocenters. The SMILES string of the molecule is O=C(NCc1ccccc1F)c1cc(-c2ccc(Br)cc2)n[nH]1. The highest BCUT2D eigenvalue weighted by Gasteiger charge is 2.11. The quantitative estimate of drug-likeness (QED) is 0.728. The van der Waals surface area contributed by atoms with Crippen molar-refractivity contribution in [2.75, 3.05) is 0 Å². The van der Waals surface area contributed by atoms with Crippen LogP contribution in [-0.2, 0) is 6.54 Å². The van der Waals surface area contributed by atoms with Crippen LogP contribution in [0, 0.1) is 5.82 Å². The first kappa shape index (κ1) is 15.4. The molecule has 0 bridgehead atoms. The van der Waals surface area contributed by atoms with E-state index >= 15 is 0 Å². The molecule has 0 aliphatic heterocycles. The molecule has 3 rings (SSSR count). The second-order valence-corrected chi connectivity index (χ2v) is 5.86. The van der Waals surface area contributed by atoms with E-state index in [1.807, 2.05) is 24.3 Å². The second-order valence-electron chi connectivity index (χ2n) is 4.95. The van der Waals surface area contributed by atoms with E-state index in [1.165, 1.54) is 6.07 Å². The van der Waals surface area contributed by atoms with E-state index in [0.29, 0.717) is 17.0 Å². The molecule has 3 aromatic rings. The molecule has 1 aromatic heterocycles. The van der Waals surface area contributed by atoms with Crippen molar-refractivity contribution in [1.82, 2.24) is 15.5 Å². The lowest BCUT2D eigenvalue weighted by Gasteiger charge is -2.04. The number of nitrogens with one attached hydrogen (secondary N) is 2. The Hall–Kier alpha value is -2.47. The molecule has 0 fully saturated rings. The molecule has 0 spiro atoms. The van der Waals surface area contributed by atoms with Crippen molar-refractivity contribution in [3.8, 4) is 11.3 Å². The number of aromatic nitrogens is 2. The van der Waals surface area contributed by atoms with E-state index in [0.717, 1.165) is 10.0 Å². The fourth-order valence-corrected chi connectivity index (χ4v) is 2.38. The number of rotatable bonds is 4. The lowest BCUT2D eigenvalue weighted by atomic mass is 10.1. The summed E-state index contributed by atoms with van der Waals surface area (Å²) in [5, 5.41) is 9.51. The summed E-state index contributed by atoms with van der Waals surface area (Å²) in [5.41, 5.74) is 2.35. The number of hydrogen-bond acceptors (Lipinski definition) is 2. The average molecular weight is 374 g/mol. The molecular weight excluding hydrogens is 361 g/mol. The van der Waals surface area contributed by atoms with Crippen LogP contribution >= 0.6 is 15.9 Å². The number of carbonyl (C=O) groups is 1. The predicted octanol–water partition coefficient (Wildman–Crippen LogP) is 3.91. The zero-order chi connectivity index (χ0) is 16.2. The largest absolute Gasteiger partial charge is 0.347 e. The molecule has 1 amide bonds. The highest BCUT2D eigenvalue weighted by molar-refractivity contribution is 9.10. The topological polar surface area (TPSA) is 57.8 Å². The van der Waals surface area contributed by atoms with Crippen LogP contribution in [0.3, 0.4) is 0 Å². The molecule has 116 valence electrons. The monoisotopic (exact) mass is 373 g/mol. The van der Waals surface area contributed by atoms with Crippen LogP contribution in [-0.4, -0.2) is 16.1 Å². The Balaban J connectivity index is 1.69. The number of nitrogens with zero attached hydrogens (tertiary/aromatic N) is 1. The summed E-state index contributed by atoms with van der Waals surface area (Å²) in [5.74, 6) is -0.669. The van der Waals surface area contributed by atoms with Crippen LogP contribution < -0.4 is 5.32 Å². The van der Waals surface area contributed by atoms with E-state index in [-0.39, 0.29) is 18.3 Å². The van der Waals surface area contributed by atoms with Crippen LogP contribution in [0.25, 0.3) is 11.3 Å². The first-order valence-corrected chi connectivity index (χ1v) is 7.76. The summed E-state index contributed by atoms with van der Waals surface area (Å²) in [7, 11) is 0. The van der Waals surface area contributed by atoms with E-state index in [1.54, 1.807) is 24.3 Å². The highest BCUT2D eigenvalue weighted by atomic mass is 79.9. The van der Waals surface area contributed by atoms with Gasteiger partial charge in [0.05, 0.1) is 5.69 Å². The Kier molecular flexibility index (Phi) is 4.52. The van der Waals surface area contributed by atoms with Crippen molar-refractivity contribution in [1.29, 1.82) is 0 Å². The summed E-state index contributed by atoms with van der Waals surface area (Å²) < 4.78 is 14.5. The van der Waals surface area contributed by atoms with Gasteiger partial charge in [0.15, 0.2) is 0 Å². The molecule has 4 nitrogen and oxygen atoms in total. The Bertz CT molecular complexity index is 830. The van der Waals surface area contributed by atoms with Crippen molar-refractivity contribution in [2.45, 2.75) is 6.54 Å². The normalized spacial score (nSPS) is 10.5. The average Bonchev–Trinajstić information content (AvgIpc) is 3.04. The predicted molar refractivity (Wildman–Crippen MR) is 89.3 cm³/mol. The standard InChI is InChI=1S/C17H13BrFN3O/c18-13-7-5-11(6-8-13)15-9-16(22-21-15)17(23)20-10-12-3-1-2-4-14(12)19/h1-9H,10H2,(H,20,23)(H,21,22). The van der Waals surface area contributed by atoms with Gasteiger partial charge in [0.2, 0.25) is 0 Å². The molecule has 0 saturated carbocycles. The van der Waals surface area contributed by atoms with Gasteiger partial charge >= 0.3 is 0 Å². The number of amides is 1. The molecule has 0 saturated heterocycles. The van der Waals surface area contributed by atoms with Gasteiger partial charge in [-0.05, 0) is 24.3 Å². The minimum atomic E-state index is -0.340.